The third-order valence-electron chi connectivity index (χ3n) is 5.12. The lowest BCUT2D eigenvalue weighted by Crippen LogP contribution is -2.30. The van der Waals surface area contributed by atoms with Crippen molar-refractivity contribution < 1.29 is 4.92 Å². The average Bonchev–Trinajstić information content (AvgIpc) is 2.99. The second-order valence-electron chi connectivity index (χ2n) is 6.92. The molecule has 0 amide bonds. The Bertz CT molecular complexity index is 1010. The molecule has 1 aromatic heterocycles. The van der Waals surface area contributed by atoms with Crippen molar-refractivity contribution in [2.45, 2.75) is 33.1 Å². The molecule has 0 N–H and O–H groups in total. The van der Waals surface area contributed by atoms with Crippen molar-refractivity contribution in [2.75, 3.05) is 18.0 Å². The number of aryl methyl sites for hydroxylation is 1. The predicted octanol–water partition coefficient (Wildman–Crippen LogP) is 4.42. The van der Waals surface area contributed by atoms with E-state index < -0.39 is 0 Å². The Kier molecular flexibility index (Phi) is 5.47. The number of rotatable bonds is 4. The lowest BCUT2D eigenvalue weighted by Gasteiger charge is -2.28. The van der Waals surface area contributed by atoms with Crippen LogP contribution >= 0.6 is 0 Å². The van der Waals surface area contributed by atoms with E-state index in [4.69, 9.17) is 10.5 Å². The number of nitro benzene ring substituents is 1. The fraction of sp³-hybridized carbons (Fsp3) is 0.333. The predicted molar refractivity (Wildman–Crippen MR) is 107 cm³/mol. The molecule has 1 aliphatic heterocycles. The van der Waals surface area contributed by atoms with Gasteiger partial charge in [0.15, 0.2) is 0 Å². The van der Waals surface area contributed by atoms with E-state index in [0.717, 1.165) is 49.3 Å². The van der Waals surface area contributed by atoms with Gasteiger partial charge in [0.05, 0.1) is 10.6 Å². The zero-order valence-electron chi connectivity index (χ0n) is 16.0. The number of allylic oxidation sites excluding steroid dienone is 1. The van der Waals surface area contributed by atoms with Crippen molar-refractivity contribution in [2.24, 2.45) is 0 Å². The fourth-order valence-electron chi connectivity index (χ4n) is 3.78. The van der Waals surface area contributed by atoms with Gasteiger partial charge >= 0.3 is 0 Å². The van der Waals surface area contributed by atoms with Gasteiger partial charge in [0.25, 0.3) is 5.69 Å². The van der Waals surface area contributed by atoms with Crippen LogP contribution in [0.25, 0.3) is 11.8 Å². The first kappa shape index (κ1) is 19.2. The van der Waals surface area contributed by atoms with Gasteiger partial charge in [-0.1, -0.05) is 0 Å². The molecule has 2 heterocycles. The van der Waals surface area contributed by atoms with E-state index in [0.29, 0.717) is 11.4 Å². The maximum atomic E-state index is 11.7. The number of nitro groups is 1. The first-order valence-electron chi connectivity index (χ1n) is 9.21. The normalized spacial score (nSPS) is 13.5. The number of piperidine rings is 1. The third kappa shape index (κ3) is 3.60. The van der Waals surface area contributed by atoms with Crippen LogP contribution in [0.4, 0.5) is 11.4 Å². The number of nitrogens with zero attached hydrogens (tertiary/aromatic N) is 5. The van der Waals surface area contributed by atoms with Crippen molar-refractivity contribution in [3.8, 4) is 17.8 Å². The van der Waals surface area contributed by atoms with Gasteiger partial charge in [-0.25, -0.2) is 0 Å². The molecule has 7 heteroatoms. The highest BCUT2D eigenvalue weighted by Crippen LogP contribution is 2.34. The Hall–Kier alpha value is -3.58. The van der Waals surface area contributed by atoms with Gasteiger partial charge in [-0.05, 0) is 62.9 Å². The molecule has 0 bridgehead atoms. The zero-order chi connectivity index (χ0) is 20.3. The molecule has 7 nitrogen and oxygen atoms in total. The summed E-state index contributed by atoms with van der Waals surface area (Å²) in [5, 5.41) is 29.7. The maximum absolute atomic E-state index is 11.7. The first-order chi connectivity index (χ1) is 13.5. The Morgan fingerprint density at radius 1 is 1.14 bits per heavy atom. The molecule has 1 saturated heterocycles. The van der Waals surface area contributed by atoms with Crippen LogP contribution in [-0.4, -0.2) is 22.6 Å². The molecule has 1 aliphatic rings. The third-order valence-corrected chi connectivity index (χ3v) is 5.12. The van der Waals surface area contributed by atoms with Crippen molar-refractivity contribution in [1.29, 1.82) is 10.5 Å². The van der Waals surface area contributed by atoms with Crippen LogP contribution in [0.15, 0.2) is 29.8 Å². The Balaban J connectivity index is 2.08. The van der Waals surface area contributed by atoms with Crippen LogP contribution in [0.5, 0.6) is 0 Å². The molecule has 3 rings (SSSR count). The topological polar surface area (TPSA) is 98.9 Å². The number of benzene rings is 1. The average molecular weight is 375 g/mol. The molecule has 0 radical (unpaired) electrons. The largest absolute Gasteiger partial charge is 0.366 e. The summed E-state index contributed by atoms with van der Waals surface area (Å²) in [5.74, 6) is 0. The molecular weight excluding hydrogens is 354 g/mol. The molecule has 0 unspecified atom stereocenters. The zero-order valence-corrected chi connectivity index (χ0v) is 16.0. The van der Waals surface area contributed by atoms with Crippen molar-refractivity contribution >= 4 is 17.5 Å². The molecule has 0 saturated carbocycles. The van der Waals surface area contributed by atoms with Gasteiger partial charge in [0.1, 0.15) is 23.4 Å². The summed E-state index contributed by atoms with van der Waals surface area (Å²) in [6, 6.07) is 10.9. The number of hydrogen-bond acceptors (Lipinski definition) is 5. The van der Waals surface area contributed by atoms with E-state index in [1.54, 1.807) is 6.07 Å². The monoisotopic (exact) mass is 375 g/mol. The molecule has 2 aromatic rings. The maximum Gasteiger partial charge on any atom is 0.294 e. The van der Waals surface area contributed by atoms with Gasteiger partial charge in [-0.2, -0.15) is 10.5 Å². The molecule has 142 valence electrons. The fourth-order valence-corrected chi connectivity index (χ4v) is 3.78. The molecule has 0 spiro atoms. The Morgan fingerprint density at radius 3 is 2.43 bits per heavy atom. The summed E-state index contributed by atoms with van der Waals surface area (Å²) >= 11 is 0. The molecular formula is C21H21N5O2. The van der Waals surface area contributed by atoms with Crippen LogP contribution < -0.4 is 4.90 Å². The van der Waals surface area contributed by atoms with Crippen LogP contribution in [0, 0.1) is 46.6 Å². The SMILES string of the molecule is Cc1cc(C=C(C#N)C#N)c(C)n1-c1ccc(N2CCCCC2)c([N+](=O)[O-])c1. The lowest BCUT2D eigenvalue weighted by atomic mass is 10.1. The van der Waals surface area contributed by atoms with E-state index in [2.05, 4.69) is 4.90 Å². The molecule has 1 fully saturated rings. The van der Waals surface area contributed by atoms with Gasteiger partial charge in [0.2, 0.25) is 0 Å². The lowest BCUT2D eigenvalue weighted by molar-refractivity contribution is -0.384. The number of aromatic nitrogens is 1. The molecule has 28 heavy (non-hydrogen) atoms. The van der Waals surface area contributed by atoms with E-state index >= 15 is 0 Å². The second kappa shape index (κ2) is 7.98. The number of hydrogen-bond donors (Lipinski definition) is 0. The molecule has 0 aliphatic carbocycles. The summed E-state index contributed by atoms with van der Waals surface area (Å²) in [6.07, 6.45) is 4.79. The van der Waals surface area contributed by atoms with Crippen LogP contribution in [-0.2, 0) is 0 Å². The summed E-state index contributed by atoms with van der Waals surface area (Å²) in [6.45, 7) is 5.44. The van der Waals surface area contributed by atoms with Crippen molar-refractivity contribution in [3.63, 3.8) is 0 Å². The van der Waals surface area contributed by atoms with Crippen LogP contribution in [0.3, 0.4) is 0 Å². The van der Waals surface area contributed by atoms with Crippen LogP contribution in [0.2, 0.25) is 0 Å². The first-order valence-corrected chi connectivity index (χ1v) is 9.21. The Labute approximate surface area is 163 Å². The Morgan fingerprint density at radius 2 is 1.82 bits per heavy atom. The minimum atomic E-state index is -0.327. The highest BCUT2D eigenvalue weighted by atomic mass is 16.6. The quantitative estimate of drug-likeness (QED) is 0.447. The van der Waals surface area contributed by atoms with E-state index in [9.17, 15) is 10.1 Å². The summed E-state index contributed by atoms with van der Waals surface area (Å²) in [4.78, 5) is 13.5. The minimum absolute atomic E-state index is 0.0201. The minimum Gasteiger partial charge on any atom is -0.366 e. The van der Waals surface area contributed by atoms with E-state index in [1.165, 1.54) is 6.08 Å². The van der Waals surface area contributed by atoms with Gasteiger partial charge < -0.3 is 9.47 Å². The second-order valence-corrected chi connectivity index (χ2v) is 6.92. The number of nitriles is 2. The smallest absolute Gasteiger partial charge is 0.294 e. The van der Waals surface area contributed by atoms with Crippen molar-refractivity contribution in [1.82, 2.24) is 4.57 Å². The molecule has 1 aromatic carbocycles. The van der Waals surface area contributed by atoms with Crippen LogP contribution in [0.1, 0.15) is 36.2 Å². The summed E-state index contributed by atoms with van der Waals surface area (Å²) in [5.41, 5.74) is 3.91. The highest BCUT2D eigenvalue weighted by molar-refractivity contribution is 5.69. The van der Waals surface area contributed by atoms with Gasteiger partial charge in [0, 0.05) is 30.5 Å². The van der Waals surface area contributed by atoms with Crippen molar-refractivity contribution in [3.05, 3.63) is 56.9 Å². The molecule has 0 atom stereocenters. The summed E-state index contributed by atoms with van der Waals surface area (Å²) < 4.78 is 1.91. The highest BCUT2D eigenvalue weighted by Gasteiger charge is 2.23. The van der Waals surface area contributed by atoms with Gasteiger partial charge in [-0.15, -0.1) is 0 Å². The van der Waals surface area contributed by atoms with Gasteiger partial charge in [-0.3, -0.25) is 10.1 Å². The van der Waals surface area contributed by atoms with E-state index in [-0.39, 0.29) is 16.2 Å². The summed E-state index contributed by atoms with van der Waals surface area (Å²) in [7, 11) is 0. The van der Waals surface area contributed by atoms with E-state index in [1.807, 2.05) is 48.8 Å². The number of anilines is 1. The standard InChI is InChI=1S/C21H21N5O2/c1-15-10-18(11-17(13-22)14-23)16(2)25(15)19-6-7-20(21(12-19)26(27)28)24-8-4-3-5-9-24/h6-7,10-12H,3-5,8-9H2,1-2H3.